The van der Waals surface area contributed by atoms with Crippen molar-refractivity contribution in [2.45, 2.75) is 19.4 Å². The SMILES string of the molecule is COc1ccc2oc(CN3CCCC(CN(C)S(C)(=O)=O)C3)cc2c1. The van der Waals surface area contributed by atoms with E-state index in [4.69, 9.17) is 9.15 Å². The lowest BCUT2D eigenvalue weighted by Crippen LogP contribution is -2.40. The number of furan rings is 1. The summed E-state index contributed by atoms with van der Waals surface area (Å²) < 4.78 is 35.9. The minimum Gasteiger partial charge on any atom is -0.497 e. The number of hydrogen-bond donors (Lipinski definition) is 0. The maximum absolute atomic E-state index is 11.6. The number of methoxy groups -OCH3 is 1. The van der Waals surface area contributed by atoms with Crippen LogP contribution in [0.5, 0.6) is 5.75 Å². The largest absolute Gasteiger partial charge is 0.497 e. The number of hydrogen-bond acceptors (Lipinski definition) is 5. The van der Waals surface area contributed by atoms with E-state index < -0.39 is 10.0 Å². The van der Waals surface area contributed by atoms with Gasteiger partial charge >= 0.3 is 0 Å². The summed E-state index contributed by atoms with van der Waals surface area (Å²) in [5.74, 6) is 2.11. The molecule has 3 rings (SSSR count). The molecule has 1 aliphatic rings. The number of nitrogens with zero attached hydrogens (tertiary/aromatic N) is 2. The first-order chi connectivity index (χ1) is 11.8. The Morgan fingerprint density at radius 1 is 1.36 bits per heavy atom. The molecule has 138 valence electrons. The second-order valence-electron chi connectivity index (χ2n) is 6.90. The quantitative estimate of drug-likeness (QED) is 0.786. The van der Waals surface area contributed by atoms with Gasteiger partial charge in [-0.2, -0.15) is 0 Å². The van der Waals surface area contributed by atoms with E-state index in [-0.39, 0.29) is 0 Å². The third-order valence-corrected chi connectivity index (χ3v) is 6.12. The zero-order valence-corrected chi connectivity index (χ0v) is 15.9. The van der Waals surface area contributed by atoms with E-state index in [1.807, 2.05) is 18.2 Å². The zero-order chi connectivity index (χ0) is 18.0. The van der Waals surface area contributed by atoms with E-state index in [9.17, 15) is 8.42 Å². The molecule has 6 nitrogen and oxygen atoms in total. The summed E-state index contributed by atoms with van der Waals surface area (Å²) in [5, 5.41) is 1.04. The van der Waals surface area contributed by atoms with E-state index in [0.717, 1.165) is 55.0 Å². The summed E-state index contributed by atoms with van der Waals surface area (Å²) in [6, 6.07) is 7.86. The second-order valence-corrected chi connectivity index (χ2v) is 8.99. The van der Waals surface area contributed by atoms with Gasteiger partial charge in [-0.25, -0.2) is 12.7 Å². The average Bonchev–Trinajstić information content (AvgIpc) is 2.95. The average molecular weight is 366 g/mol. The topological polar surface area (TPSA) is 63.0 Å². The second kappa shape index (κ2) is 7.35. The highest BCUT2D eigenvalue weighted by Crippen LogP contribution is 2.26. The van der Waals surface area contributed by atoms with Crippen molar-refractivity contribution in [3.63, 3.8) is 0 Å². The molecule has 0 N–H and O–H groups in total. The normalized spacial score (nSPS) is 19.6. The summed E-state index contributed by atoms with van der Waals surface area (Å²) in [5.41, 5.74) is 0.862. The third kappa shape index (κ3) is 4.54. The molecular formula is C18H26N2O4S. The molecule has 0 radical (unpaired) electrons. The lowest BCUT2D eigenvalue weighted by molar-refractivity contribution is 0.147. The van der Waals surface area contributed by atoms with Crippen molar-refractivity contribution in [3.05, 3.63) is 30.0 Å². The van der Waals surface area contributed by atoms with Gasteiger partial charge in [0.15, 0.2) is 0 Å². The van der Waals surface area contributed by atoms with Gasteiger partial charge in [0.25, 0.3) is 0 Å². The van der Waals surface area contributed by atoms with Gasteiger partial charge in [0.2, 0.25) is 10.0 Å². The molecule has 1 fully saturated rings. The van der Waals surface area contributed by atoms with Crippen molar-refractivity contribution < 1.29 is 17.6 Å². The highest BCUT2D eigenvalue weighted by molar-refractivity contribution is 7.88. The monoisotopic (exact) mass is 366 g/mol. The Labute approximate surface area is 149 Å². The fraction of sp³-hybridized carbons (Fsp3) is 0.556. The van der Waals surface area contributed by atoms with E-state index in [1.165, 1.54) is 10.6 Å². The number of rotatable bonds is 6. The van der Waals surface area contributed by atoms with Gasteiger partial charge in [-0.15, -0.1) is 0 Å². The van der Waals surface area contributed by atoms with Gasteiger partial charge in [-0.1, -0.05) is 0 Å². The van der Waals surface area contributed by atoms with Crippen LogP contribution in [0.25, 0.3) is 11.0 Å². The lowest BCUT2D eigenvalue weighted by Gasteiger charge is -2.33. The molecular weight excluding hydrogens is 340 g/mol. The van der Waals surface area contributed by atoms with E-state index >= 15 is 0 Å². The minimum absolute atomic E-state index is 0.359. The Hall–Kier alpha value is -1.57. The standard InChI is InChI=1S/C18H26N2O4S/c1-19(25(3,21)22)11-14-5-4-8-20(12-14)13-17-10-15-9-16(23-2)6-7-18(15)24-17/h6-7,9-10,14H,4-5,8,11-13H2,1-3H3. The summed E-state index contributed by atoms with van der Waals surface area (Å²) in [7, 11) is 0.192. The van der Waals surface area contributed by atoms with E-state index in [2.05, 4.69) is 11.0 Å². The van der Waals surface area contributed by atoms with Gasteiger partial charge in [-0.3, -0.25) is 4.90 Å². The van der Waals surface area contributed by atoms with Crippen molar-refractivity contribution in [1.29, 1.82) is 0 Å². The molecule has 1 saturated heterocycles. The molecule has 1 unspecified atom stereocenters. The summed E-state index contributed by atoms with van der Waals surface area (Å²) in [6.45, 7) is 3.22. The van der Waals surface area contributed by atoms with Crippen molar-refractivity contribution in [3.8, 4) is 5.75 Å². The van der Waals surface area contributed by atoms with Crippen LogP contribution in [0.4, 0.5) is 0 Å². The van der Waals surface area contributed by atoms with Crippen molar-refractivity contribution in [2.75, 3.05) is 40.0 Å². The smallest absolute Gasteiger partial charge is 0.210 e. The molecule has 0 saturated carbocycles. The number of sulfonamides is 1. The third-order valence-electron chi connectivity index (χ3n) is 4.84. The van der Waals surface area contributed by atoms with Crippen LogP contribution in [-0.4, -0.2) is 57.7 Å². The summed E-state index contributed by atoms with van der Waals surface area (Å²) in [4.78, 5) is 2.35. The number of ether oxygens (including phenoxy) is 1. The van der Waals surface area contributed by atoms with Crippen molar-refractivity contribution >= 4 is 21.0 Å². The Bertz CT molecular complexity index is 831. The predicted molar refractivity (Wildman–Crippen MR) is 98.2 cm³/mol. The summed E-state index contributed by atoms with van der Waals surface area (Å²) in [6.07, 6.45) is 3.40. The van der Waals surface area contributed by atoms with Crippen molar-refractivity contribution in [1.82, 2.24) is 9.21 Å². The maximum atomic E-state index is 11.6. The first kappa shape index (κ1) is 18.2. The van der Waals surface area contributed by atoms with Crippen LogP contribution in [0.2, 0.25) is 0 Å². The fourth-order valence-electron chi connectivity index (χ4n) is 3.44. The van der Waals surface area contributed by atoms with Crippen molar-refractivity contribution in [2.24, 2.45) is 5.92 Å². The highest BCUT2D eigenvalue weighted by atomic mass is 32.2. The Kier molecular flexibility index (Phi) is 5.36. The molecule has 2 aromatic rings. The van der Waals surface area contributed by atoms with Gasteiger partial charge < -0.3 is 9.15 Å². The maximum Gasteiger partial charge on any atom is 0.210 e. The van der Waals surface area contributed by atoms with Crippen LogP contribution >= 0.6 is 0 Å². The van der Waals surface area contributed by atoms with Crippen LogP contribution in [0.15, 0.2) is 28.7 Å². The molecule has 0 spiro atoms. The minimum atomic E-state index is -3.12. The van der Waals surface area contributed by atoms with E-state index in [0.29, 0.717) is 12.5 Å². The molecule has 25 heavy (non-hydrogen) atoms. The first-order valence-corrected chi connectivity index (χ1v) is 10.4. The zero-order valence-electron chi connectivity index (χ0n) is 15.1. The van der Waals surface area contributed by atoms with Crippen LogP contribution in [0, 0.1) is 5.92 Å². The number of likely N-dealkylation sites (tertiary alicyclic amines) is 1. The van der Waals surface area contributed by atoms with Crippen LogP contribution < -0.4 is 4.74 Å². The molecule has 1 atom stereocenters. The number of piperidine rings is 1. The predicted octanol–water partition coefficient (Wildman–Crippen LogP) is 2.54. The van der Waals surface area contributed by atoms with Gasteiger partial charge in [0.05, 0.1) is 19.9 Å². The van der Waals surface area contributed by atoms with Gasteiger partial charge in [0, 0.05) is 25.5 Å². The molecule has 7 heteroatoms. The van der Waals surface area contributed by atoms with E-state index in [1.54, 1.807) is 14.2 Å². The van der Waals surface area contributed by atoms with Gasteiger partial charge in [0.1, 0.15) is 17.1 Å². The highest BCUT2D eigenvalue weighted by Gasteiger charge is 2.24. The number of benzene rings is 1. The first-order valence-electron chi connectivity index (χ1n) is 8.55. The number of fused-ring (bicyclic) bond motifs is 1. The molecule has 1 aromatic heterocycles. The van der Waals surface area contributed by atoms with Crippen LogP contribution in [0.1, 0.15) is 18.6 Å². The Morgan fingerprint density at radius 2 is 2.16 bits per heavy atom. The molecule has 0 aliphatic carbocycles. The molecule has 1 aliphatic heterocycles. The summed E-state index contributed by atoms with van der Waals surface area (Å²) >= 11 is 0. The molecule has 0 amide bonds. The lowest BCUT2D eigenvalue weighted by atomic mass is 9.98. The van der Waals surface area contributed by atoms with Crippen LogP contribution in [0.3, 0.4) is 0 Å². The fourth-order valence-corrected chi connectivity index (χ4v) is 3.93. The van der Waals surface area contributed by atoms with Gasteiger partial charge in [-0.05, 0) is 49.6 Å². The Balaban J connectivity index is 1.64. The Morgan fingerprint density at radius 3 is 2.88 bits per heavy atom. The molecule has 0 bridgehead atoms. The molecule has 2 heterocycles. The molecule has 1 aromatic carbocycles. The van der Waals surface area contributed by atoms with Crippen LogP contribution in [-0.2, 0) is 16.6 Å².